The average molecular weight is 185 g/mol. The molecular weight excluding hydrogens is 174 g/mol. The first-order valence-corrected chi connectivity index (χ1v) is 4.45. The van der Waals surface area contributed by atoms with Gasteiger partial charge in [-0.3, -0.25) is 4.79 Å². The van der Waals surface area contributed by atoms with Gasteiger partial charge < -0.3 is 4.40 Å². The van der Waals surface area contributed by atoms with Gasteiger partial charge in [-0.1, -0.05) is 18.7 Å². The zero-order valence-corrected chi connectivity index (χ0v) is 8.03. The van der Waals surface area contributed by atoms with Crippen LogP contribution in [0.1, 0.15) is 21.6 Å². The van der Waals surface area contributed by atoms with Crippen molar-refractivity contribution in [2.75, 3.05) is 0 Å². The van der Waals surface area contributed by atoms with Crippen molar-refractivity contribution in [3.63, 3.8) is 0 Å². The molecule has 2 rings (SSSR count). The molecule has 2 aromatic rings. The first-order valence-electron chi connectivity index (χ1n) is 4.45. The second kappa shape index (κ2) is 3.14. The van der Waals surface area contributed by atoms with Crippen molar-refractivity contribution in [2.24, 2.45) is 0 Å². The third kappa shape index (κ3) is 1.16. The van der Waals surface area contributed by atoms with E-state index in [-0.39, 0.29) is 0 Å². The number of carbonyl (C=O) groups is 1. The predicted molar refractivity (Wildman–Crippen MR) is 57.6 cm³/mol. The number of nitrogens with zero attached hydrogens (tertiary/aromatic N) is 1. The standard InChI is InChI=1S/C12H11NO/c1-3-10-4-5-11-6-9(2)12(8-14)13(11)7-10/h3-8H,1H2,2H3. The number of carbonyl (C=O) groups excluding carboxylic acids is 1. The minimum Gasteiger partial charge on any atom is -0.313 e. The summed E-state index contributed by atoms with van der Waals surface area (Å²) in [6.45, 7) is 5.63. The summed E-state index contributed by atoms with van der Waals surface area (Å²) in [7, 11) is 0. The molecule has 2 heteroatoms. The molecule has 0 aliphatic carbocycles. The van der Waals surface area contributed by atoms with Gasteiger partial charge in [0.1, 0.15) is 0 Å². The van der Waals surface area contributed by atoms with Crippen molar-refractivity contribution in [1.29, 1.82) is 0 Å². The van der Waals surface area contributed by atoms with Crippen LogP contribution in [-0.2, 0) is 0 Å². The van der Waals surface area contributed by atoms with Crippen molar-refractivity contribution in [3.8, 4) is 0 Å². The van der Waals surface area contributed by atoms with Crippen molar-refractivity contribution >= 4 is 17.9 Å². The summed E-state index contributed by atoms with van der Waals surface area (Å²) >= 11 is 0. The van der Waals surface area contributed by atoms with Gasteiger partial charge in [-0.15, -0.1) is 0 Å². The summed E-state index contributed by atoms with van der Waals surface area (Å²) in [5.41, 5.74) is 3.76. The summed E-state index contributed by atoms with van der Waals surface area (Å²) in [6, 6.07) is 5.96. The largest absolute Gasteiger partial charge is 0.313 e. The van der Waals surface area contributed by atoms with Crippen LogP contribution in [0.3, 0.4) is 0 Å². The monoisotopic (exact) mass is 185 g/mol. The Balaban J connectivity index is 2.83. The maximum Gasteiger partial charge on any atom is 0.167 e. The van der Waals surface area contributed by atoms with Crippen LogP contribution in [0.25, 0.3) is 11.6 Å². The Bertz CT molecular complexity index is 508. The molecule has 0 radical (unpaired) electrons. The molecule has 0 aliphatic rings. The Kier molecular flexibility index (Phi) is 1.97. The van der Waals surface area contributed by atoms with Crippen LogP contribution in [0, 0.1) is 6.92 Å². The van der Waals surface area contributed by atoms with Gasteiger partial charge in [-0.2, -0.15) is 0 Å². The second-order valence-corrected chi connectivity index (χ2v) is 3.29. The van der Waals surface area contributed by atoms with Gasteiger partial charge >= 0.3 is 0 Å². The zero-order chi connectivity index (χ0) is 10.1. The molecule has 0 aromatic carbocycles. The number of hydrogen-bond acceptors (Lipinski definition) is 1. The van der Waals surface area contributed by atoms with Gasteiger partial charge in [0.2, 0.25) is 0 Å². The van der Waals surface area contributed by atoms with Gasteiger partial charge in [-0.25, -0.2) is 0 Å². The number of hydrogen-bond donors (Lipinski definition) is 0. The maximum atomic E-state index is 10.9. The van der Waals surface area contributed by atoms with Crippen molar-refractivity contribution in [2.45, 2.75) is 6.92 Å². The highest BCUT2D eigenvalue weighted by Gasteiger charge is 2.04. The number of aldehydes is 1. The molecule has 2 nitrogen and oxygen atoms in total. The van der Waals surface area contributed by atoms with Crippen LogP contribution in [-0.4, -0.2) is 10.7 Å². The Hall–Kier alpha value is -1.83. The summed E-state index contributed by atoms with van der Waals surface area (Å²) in [4.78, 5) is 10.9. The zero-order valence-electron chi connectivity index (χ0n) is 8.03. The van der Waals surface area contributed by atoms with Crippen LogP contribution in [0.5, 0.6) is 0 Å². The molecule has 14 heavy (non-hydrogen) atoms. The number of rotatable bonds is 2. The summed E-state index contributed by atoms with van der Waals surface area (Å²) in [5, 5.41) is 0. The quantitative estimate of drug-likeness (QED) is 0.659. The van der Waals surface area contributed by atoms with E-state index in [4.69, 9.17) is 0 Å². The minimum atomic E-state index is 0.712. The Labute approximate surface area is 82.5 Å². The van der Waals surface area contributed by atoms with Crippen molar-refractivity contribution in [3.05, 3.63) is 47.8 Å². The van der Waals surface area contributed by atoms with E-state index in [0.29, 0.717) is 5.69 Å². The average Bonchev–Trinajstić information content (AvgIpc) is 2.52. The summed E-state index contributed by atoms with van der Waals surface area (Å²) in [6.07, 6.45) is 4.57. The fourth-order valence-electron chi connectivity index (χ4n) is 1.61. The molecule has 0 N–H and O–H groups in total. The van der Waals surface area contributed by atoms with Gasteiger partial charge in [0.05, 0.1) is 5.69 Å². The van der Waals surface area contributed by atoms with Crippen molar-refractivity contribution in [1.82, 2.24) is 4.40 Å². The molecule has 70 valence electrons. The van der Waals surface area contributed by atoms with Crippen LogP contribution in [0.4, 0.5) is 0 Å². The van der Waals surface area contributed by atoms with E-state index in [1.54, 1.807) is 6.08 Å². The number of fused-ring (bicyclic) bond motifs is 1. The lowest BCUT2D eigenvalue weighted by molar-refractivity contribution is 0.111. The number of aromatic nitrogens is 1. The van der Waals surface area contributed by atoms with Gasteiger partial charge in [0, 0.05) is 11.7 Å². The lowest BCUT2D eigenvalue weighted by Crippen LogP contribution is -1.92. The number of aryl methyl sites for hydroxylation is 1. The van der Waals surface area contributed by atoms with E-state index in [1.807, 2.05) is 35.7 Å². The molecule has 2 heterocycles. The highest BCUT2D eigenvalue weighted by molar-refractivity contribution is 5.79. The highest BCUT2D eigenvalue weighted by atomic mass is 16.1. The van der Waals surface area contributed by atoms with E-state index in [0.717, 1.165) is 22.9 Å². The van der Waals surface area contributed by atoms with Crippen LogP contribution in [0.2, 0.25) is 0 Å². The highest BCUT2D eigenvalue weighted by Crippen LogP contribution is 2.15. The third-order valence-electron chi connectivity index (χ3n) is 2.38. The van der Waals surface area contributed by atoms with E-state index < -0.39 is 0 Å². The van der Waals surface area contributed by atoms with E-state index in [1.165, 1.54) is 0 Å². The first-order chi connectivity index (χ1) is 6.76. The molecule has 0 unspecified atom stereocenters. The first kappa shape index (κ1) is 8.75. The number of pyridine rings is 1. The van der Waals surface area contributed by atoms with Gasteiger partial charge in [-0.05, 0) is 30.2 Å². The molecule has 0 atom stereocenters. The molecule has 0 saturated carbocycles. The minimum absolute atomic E-state index is 0.712. The van der Waals surface area contributed by atoms with Crippen LogP contribution >= 0.6 is 0 Å². The maximum absolute atomic E-state index is 10.9. The fourth-order valence-corrected chi connectivity index (χ4v) is 1.61. The molecule has 0 fully saturated rings. The van der Waals surface area contributed by atoms with E-state index >= 15 is 0 Å². The molecule has 0 amide bonds. The molecule has 0 saturated heterocycles. The van der Waals surface area contributed by atoms with E-state index in [2.05, 4.69) is 6.58 Å². The van der Waals surface area contributed by atoms with Gasteiger partial charge in [0.15, 0.2) is 6.29 Å². The smallest absolute Gasteiger partial charge is 0.167 e. The molecular formula is C12H11NO. The normalized spacial score (nSPS) is 10.4. The lowest BCUT2D eigenvalue weighted by Gasteiger charge is -1.99. The lowest BCUT2D eigenvalue weighted by atomic mass is 10.2. The Morgan fingerprint density at radius 3 is 2.86 bits per heavy atom. The molecule has 0 aliphatic heterocycles. The summed E-state index contributed by atoms with van der Waals surface area (Å²) in [5.74, 6) is 0. The third-order valence-corrected chi connectivity index (χ3v) is 2.38. The molecule has 2 aromatic heterocycles. The van der Waals surface area contributed by atoms with Crippen molar-refractivity contribution < 1.29 is 4.79 Å². The summed E-state index contributed by atoms with van der Waals surface area (Å²) < 4.78 is 1.89. The van der Waals surface area contributed by atoms with Crippen LogP contribution in [0.15, 0.2) is 31.0 Å². The van der Waals surface area contributed by atoms with Gasteiger partial charge in [0.25, 0.3) is 0 Å². The molecule has 0 spiro atoms. The molecule has 0 bridgehead atoms. The Morgan fingerprint density at radius 2 is 2.21 bits per heavy atom. The predicted octanol–water partition coefficient (Wildman–Crippen LogP) is 2.70. The fraction of sp³-hybridized carbons (Fsp3) is 0.0833. The second-order valence-electron chi connectivity index (χ2n) is 3.29. The van der Waals surface area contributed by atoms with Crippen LogP contribution < -0.4 is 0 Å². The Morgan fingerprint density at radius 1 is 1.43 bits per heavy atom. The van der Waals surface area contributed by atoms with E-state index in [9.17, 15) is 4.79 Å². The topological polar surface area (TPSA) is 21.5 Å². The SMILES string of the molecule is C=Cc1ccc2cc(C)c(C=O)n2c1.